The molecule has 35 heavy (non-hydrogen) atoms. The summed E-state index contributed by atoms with van der Waals surface area (Å²) < 4.78 is 44.5. The van der Waals surface area contributed by atoms with Gasteiger partial charge in [0.1, 0.15) is 12.4 Å². The Morgan fingerprint density at radius 3 is 2.17 bits per heavy atom. The van der Waals surface area contributed by atoms with Crippen molar-refractivity contribution in [1.82, 2.24) is 5.32 Å². The van der Waals surface area contributed by atoms with Crippen LogP contribution in [0.15, 0.2) is 91.0 Å². The number of fused-ring (bicyclic) bond motifs is 1. The van der Waals surface area contributed by atoms with Gasteiger partial charge in [-0.2, -0.15) is 13.2 Å². The first-order chi connectivity index (χ1) is 16.7. The summed E-state index contributed by atoms with van der Waals surface area (Å²) in [6.45, 7) is -0.0898. The lowest BCUT2D eigenvalue weighted by Crippen LogP contribution is -2.34. The van der Waals surface area contributed by atoms with E-state index in [9.17, 15) is 27.9 Å². The van der Waals surface area contributed by atoms with Gasteiger partial charge in [-0.1, -0.05) is 72.8 Å². The maximum absolute atomic E-state index is 13.2. The fraction of sp³-hybridized carbons (Fsp3) is 0.111. The van der Waals surface area contributed by atoms with Gasteiger partial charge in [0.25, 0.3) is 5.91 Å². The van der Waals surface area contributed by atoms with Gasteiger partial charge in [0.05, 0.1) is 11.1 Å². The minimum Gasteiger partial charge on any atom is -0.487 e. The number of amides is 1. The molecule has 0 spiro atoms. The summed E-state index contributed by atoms with van der Waals surface area (Å²) >= 11 is 0. The van der Waals surface area contributed by atoms with Crippen molar-refractivity contribution in [3.8, 4) is 5.75 Å². The predicted molar refractivity (Wildman–Crippen MR) is 124 cm³/mol. The summed E-state index contributed by atoms with van der Waals surface area (Å²) in [4.78, 5) is 25.0. The lowest BCUT2D eigenvalue weighted by atomic mass is 10.0. The number of carbonyl (C=O) groups is 2. The van der Waals surface area contributed by atoms with Gasteiger partial charge in [-0.3, -0.25) is 4.79 Å². The number of rotatable bonds is 7. The van der Waals surface area contributed by atoms with Crippen LogP contribution in [0.1, 0.15) is 33.1 Å². The zero-order valence-corrected chi connectivity index (χ0v) is 18.3. The maximum atomic E-state index is 13.2. The predicted octanol–water partition coefficient (Wildman–Crippen LogP) is 5.99. The number of ether oxygens (including phenoxy) is 1. The molecule has 4 rings (SSSR count). The summed E-state index contributed by atoms with van der Waals surface area (Å²) in [5, 5.41) is 13.6. The van der Waals surface area contributed by atoms with Gasteiger partial charge >= 0.3 is 12.1 Å². The number of aliphatic carboxylic acids is 1. The van der Waals surface area contributed by atoms with E-state index in [2.05, 4.69) is 5.32 Å². The summed E-state index contributed by atoms with van der Waals surface area (Å²) in [7, 11) is 0. The molecule has 2 N–H and O–H groups in total. The normalized spacial score (nSPS) is 12.2. The lowest BCUT2D eigenvalue weighted by Gasteiger charge is -2.18. The van der Waals surface area contributed by atoms with Gasteiger partial charge in [-0.05, 0) is 34.7 Å². The number of alkyl halides is 3. The second kappa shape index (κ2) is 9.89. The van der Waals surface area contributed by atoms with Crippen LogP contribution < -0.4 is 10.1 Å². The van der Waals surface area contributed by atoms with E-state index in [4.69, 9.17) is 4.74 Å². The van der Waals surface area contributed by atoms with Crippen LogP contribution in [0.5, 0.6) is 5.75 Å². The van der Waals surface area contributed by atoms with Crippen molar-refractivity contribution in [2.24, 2.45) is 0 Å². The minimum absolute atomic E-state index is 0.0898. The number of hydrogen-bond donors (Lipinski definition) is 2. The van der Waals surface area contributed by atoms with Crippen molar-refractivity contribution in [1.29, 1.82) is 0 Å². The van der Waals surface area contributed by atoms with Gasteiger partial charge in [-0.25, -0.2) is 4.79 Å². The van der Waals surface area contributed by atoms with Crippen LogP contribution in [-0.2, 0) is 17.6 Å². The molecule has 0 saturated heterocycles. The Morgan fingerprint density at radius 2 is 1.51 bits per heavy atom. The highest BCUT2D eigenvalue weighted by atomic mass is 19.4. The highest BCUT2D eigenvalue weighted by Crippen LogP contribution is 2.32. The Balaban J connectivity index is 1.64. The van der Waals surface area contributed by atoms with Crippen molar-refractivity contribution >= 4 is 22.6 Å². The highest BCUT2D eigenvalue weighted by Gasteiger charge is 2.30. The molecule has 4 aromatic carbocycles. The molecule has 8 heteroatoms. The fourth-order valence-corrected chi connectivity index (χ4v) is 3.66. The molecule has 0 radical (unpaired) electrons. The van der Waals surface area contributed by atoms with Gasteiger partial charge in [-0.15, -0.1) is 0 Å². The first-order valence-corrected chi connectivity index (χ1v) is 10.6. The molecule has 0 bridgehead atoms. The first kappa shape index (κ1) is 23.8. The van der Waals surface area contributed by atoms with Crippen molar-refractivity contribution in [2.45, 2.75) is 18.8 Å². The van der Waals surface area contributed by atoms with Crippen LogP contribution in [0.3, 0.4) is 0 Å². The zero-order valence-electron chi connectivity index (χ0n) is 18.3. The maximum Gasteiger partial charge on any atom is 0.416 e. The number of carboxylic acids is 1. The molecule has 0 aliphatic heterocycles. The lowest BCUT2D eigenvalue weighted by molar-refractivity contribution is -0.139. The van der Waals surface area contributed by atoms with E-state index in [1.807, 2.05) is 12.1 Å². The van der Waals surface area contributed by atoms with Crippen molar-refractivity contribution in [2.75, 3.05) is 0 Å². The largest absolute Gasteiger partial charge is 0.487 e. The Hall–Kier alpha value is -4.33. The third-order valence-electron chi connectivity index (χ3n) is 5.44. The molecule has 0 heterocycles. The molecule has 1 amide bonds. The van der Waals surface area contributed by atoms with Crippen LogP contribution in [0.4, 0.5) is 13.2 Å². The number of carboxylic acid groups (broad SMARTS) is 1. The molecule has 4 aromatic rings. The molecule has 0 aliphatic carbocycles. The van der Waals surface area contributed by atoms with Crippen LogP contribution in [0.2, 0.25) is 0 Å². The molecular formula is C27H20F3NO4. The van der Waals surface area contributed by atoms with E-state index in [1.165, 1.54) is 18.2 Å². The SMILES string of the molecule is O=C(NC(C(=O)O)c1ccccc1)c1ccc2ccccc2c1OCc1ccc(C(F)(F)F)cc1. The molecule has 1 atom stereocenters. The monoisotopic (exact) mass is 479 g/mol. The van der Waals surface area contributed by atoms with Crippen molar-refractivity contribution in [3.63, 3.8) is 0 Å². The second-order valence-electron chi connectivity index (χ2n) is 7.80. The Morgan fingerprint density at radius 1 is 0.857 bits per heavy atom. The minimum atomic E-state index is -4.44. The standard InChI is InChI=1S/C27H20F3NO4/c28-27(29,30)20-13-10-17(11-14-20)16-35-24-21-9-5-4-6-18(21)12-15-22(24)25(32)31-23(26(33)34)19-7-2-1-3-8-19/h1-15,23H,16H2,(H,31,32)(H,33,34). The van der Waals surface area contributed by atoms with Crippen LogP contribution in [-0.4, -0.2) is 17.0 Å². The Labute approximate surface area is 198 Å². The number of benzene rings is 4. The number of nitrogens with one attached hydrogen (secondary N) is 1. The molecule has 0 saturated carbocycles. The summed E-state index contributed by atoms with van der Waals surface area (Å²) in [5.74, 6) is -1.68. The Bertz CT molecular complexity index is 1350. The van der Waals surface area contributed by atoms with E-state index in [0.717, 1.165) is 17.5 Å². The smallest absolute Gasteiger partial charge is 0.416 e. The average Bonchev–Trinajstić information content (AvgIpc) is 2.85. The zero-order chi connectivity index (χ0) is 25.0. The topological polar surface area (TPSA) is 75.6 Å². The van der Waals surface area contributed by atoms with E-state index < -0.39 is 29.7 Å². The van der Waals surface area contributed by atoms with E-state index in [0.29, 0.717) is 16.5 Å². The van der Waals surface area contributed by atoms with Gasteiger partial charge in [0.2, 0.25) is 0 Å². The third kappa shape index (κ3) is 5.43. The van der Waals surface area contributed by atoms with E-state index >= 15 is 0 Å². The summed E-state index contributed by atoms with van der Waals surface area (Å²) in [5.41, 5.74) is 0.219. The van der Waals surface area contributed by atoms with Gasteiger partial charge < -0.3 is 15.2 Å². The molecule has 0 aromatic heterocycles. The fourth-order valence-electron chi connectivity index (χ4n) is 3.66. The Kier molecular flexibility index (Phi) is 6.73. The third-order valence-corrected chi connectivity index (χ3v) is 5.44. The molecule has 0 aliphatic rings. The van der Waals surface area contributed by atoms with Crippen molar-refractivity contribution < 1.29 is 32.6 Å². The summed E-state index contributed by atoms with van der Waals surface area (Å²) in [6.07, 6.45) is -4.44. The number of hydrogen-bond acceptors (Lipinski definition) is 3. The number of carbonyl (C=O) groups excluding carboxylic acids is 1. The van der Waals surface area contributed by atoms with Crippen LogP contribution in [0, 0.1) is 0 Å². The van der Waals surface area contributed by atoms with Crippen molar-refractivity contribution in [3.05, 3.63) is 113 Å². The quantitative estimate of drug-likeness (QED) is 0.341. The van der Waals surface area contributed by atoms with E-state index in [1.54, 1.807) is 48.5 Å². The average molecular weight is 479 g/mol. The molecule has 5 nitrogen and oxygen atoms in total. The second-order valence-corrected chi connectivity index (χ2v) is 7.80. The van der Waals surface area contributed by atoms with Crippen LogP contribution >= 0.6 is 0 Å². The van der Waals surface area contributed by atoms with Gasteiger partial charge in [0.15, 0.2) is 6.04 Å². The summed E-state index contributed by atoms with van der Waals surface area (Å²) in [6, 6.07) is 22.0. The highest BCUT2D eigenvalue weighted by molar-refractivity contribution is 6.05. The molecular weight excluding hydrogens is 459 g/mol. The number of halogens is 3. The molecule has 178 valence electrons. The van der Waals surface area contributed by atoms with E-state index in [-0.39, 0.29) is 17.9 Å². The van der Waals surface area contributed by atoms with Crippen LogP contribution in [0.25, 0.3) is 10.8 Å². The molecule has 1 unspecified atom stereocenters. The first-order valence-electron chi connectivity index (χ1n) is 10.6. The molecule has 0 fully saturated rings. The van der Waals surface area contributed by atoms with Gasteiger partial charge in [0, 0.05) is 5.39 Å².